The monoisotopic (exact) mass is 413 g/mol. The molecule has 0 aliphatic heterocycles. The van der Waals surface area contributed by atoms with Crippen molar-refractivity contribution in [3.05, 3.63) is 84.3 Å². The molecule has 5 rings (SSSR count). The molecule has 4 aromatic heterocycles. The smallest absolute Gasteiger partial charge is 0.201 e. The summed E-state index contributed by atoms with van der Waals surface area (Å²) in [5.41, 5.74) is 5.78. The van der Waals surface area contributed by atoms with Crippen LogP contribution < -0.4 is 0 Å². The van der Waals surface area contributed by atoms with Crippen LogP contribution in [-0.2, 0) is 13.6 Å². The van der Waals surface area contributed by atoms with E-state index in [0.717, 1.165) is 27.9 Å². The molecule has 0 bridgehead atoms. The van der Waals surface area contributed by atoms with E-state index >= 15 is 0 Å². The lowest BCUT2D eigenvalue weighted by Crippen LogP contribution is -1.98. The van der Waals surface area contributed by atoms with Crippen LogP contribution in [-0.4, -0.2) is 29.4 Å². The standard InChI is InChI=1S/C24H20FN5O/c1-15-3-4-16(11-27-15)12-30-14-21-22(24(30)31)19(9-10-26-21)20-13-29(2)28-23(20)17-5-7-18(25)8-6-17/h3-11,13-14,31H,12H2,1-2H3. The number of benzene rings is 1. The molecular formula is C24H20FN5O. The lowest BCUT2D eigenvalue weighted by atomic mass is 10.00. The van der Waals surface area contributed by atoms with Crippen LogP contribution in [0, 0.1) is 12.7 Å². The van der Waals surface area contributed by atoms with E-state index in [4.69, 9.17) is 0 Å². The Kier molecular flexibility index (Phi) is 4.51. The van der Waals surface area contributed by atoms with E-state index in [2.05, 4.69) is 15.1 Å². The van der Waals surface area contributed by atoms with Crippen molar-refractivity contribution in [2.75, 3.05) is 0 Å². The van der Waals surface area contributed by atoms with Gasteiger partial charge in [-0.05, 0) is 48.9 Å². The Labute approximate surface area is 178 Å². The Bertz CT molecular complexity index is 1380. The third kappa shape index (κ3) is 3.44. The van der Waals surface area contributed by atoms with E-state index in [1.54, 1.807) is 27.6 Å². The van der Waals surface area contributed by atoms with Gasteiger partial charge in [-0.2, -0.15) is 5.10 Å². The van der Waals surface area contributed by atoms with Gasteiger partial charge in [-0.3, -0.25) is 14.6 Å². The lowest BCUT2D eigenvalue weighted by molar-refractivity contribution is 0.430. The highest BCUT2D eigenvalue weighted by Crippen LogP contribution is 2.39. The van der Waals surface area contributed by atoms with Gasteiger partial charge in [0.25, 0.3) is 0 Å². The fourth-order valence-electron chi connectivity index (χ4n) is 3.80. The molecule has 0 fully saturated rings. The highest BCUT2D eigenvalue weighted by atomic mass is 19.1. The summed E-state index contributed by atoms with van der Waals surface area (Å²) in [6, 6.07) is 12.0. The Morgan fingerprint density at radius 3 is 2.52 bits per heavy atom. The molecule has 154 valence electrons. The Hall–Kier alpha value is -4.00. The van der Waals surface area contributed by atoms with Gasteiger partial charge in [0.15, 0.2) is 0 Å². The maximum absolute atomic E-state index is 13.4. The maximum atomic E-state index is 13.4. The van der Waals surface area contributed by atoms with Gasteiger partial charge in [-0.25, -0.2) is 4.39 Å². The SMILES string of the molecule is Cc1ccc(Cn2cc3nccc(-c4cn(C)nc4-c4ccc(F)cc4)c3c2O)cn1. The molecule has 0 spiro atoms. The fraction of sp³-hybridized carbons (Fsp3) is 0.125. The van der Waals surface area contributed by atoms with Crippen molar-refractivity contribution in [3.63, 3.8) is 0 Å². The molecule has 0 aliphatic rings. The van der Waals surface area contributed by atoms with Crippen LogP contribution in [0.3, 0.4) is 0 Å². The summed E-state index contributed by atoms with van der Waals surface area (Å²) in [6.45, 7) is 2.42. The molecule has 6 nitrogen and oxygen atoms in total. The maximum Gasteiger partial charge on any atom is 0.201 e. The van der Waals surface area contributed by atoms with Gasteiger partial charge in [-0.15, -0.1) is 0 Å². The zero-order valence-corrected chi connectivity index (χ0v) is 17.1. The number of halogens is 1. The number of aromatic hydroxyl groups is 1. The third-order valence-electron chi connectivity index (χ3n) is 5.32. The van der Waals surface area contributed by atoms with Gasteiger partial charge < -0.3 is 9.67 Å². The van der Waals surface area contributed by atoms with Crippen LogP contribution >= 0.6 is 0 Å². The molecule has 5 aromatic rings. The molecule has 1 N–H and O–H groups in total. The molecular weight excluding hydrogens is 393 g/mol. The number of nitrogens with zero attached hydrogens (tertiary/aromatic N) is 5. The van der Waals surface area contributed by atoms with Crippen LogP contribution in [0.15, 0.2) is 67.3 Å². The van der Waals surface area contributed by atoms with Gasteiger partial charge in [0.1, 0.15) is 11.5 Å². The molecule has 1 aromatic carbocycles. The van der Waals surface area contributed by atoms with E-state index in [1.807, 2.05) is 50.8 Å². The minimum Gasteiger partial charge on any atom is -0.494 e. The average Bonchev–Trinajstić information content (AvgIpc) is 3.30. The topological polar surface area (TPSA) is 68.8 Å². The highest BCUT2D eigenvalue weighted by molar-refractivity contribution is 6.01. The quantitative estimate of drug-likeness (QED) is 0.464. The number of rotatable bonds is 4. The molecule has 7 heteroatoms. The molecule has 0 radical (unpaired) electrons. The van der Waals surface area contributed by atoms with Gasteiger partial charge >= 0.3 is 0 Å². The summed E-state index contributed by atoms with van der Waals surface area (Å²) in [4.78, 5) is 8.78. The van der Waals surface area contributed by atoms with Crippen LogP contribution in [0.4, 0.5) is 4.39 Å². The second kappa shape index (κ2) is 7.36. The highest BCUT2D eigenvalue weighted by Gasteiger charge is 2.19. The Morgan fingerprint density at radius 2 is 1.77 bits per heavy atom. The molecule has 0 aliphatic carbocycles. The average molecular weight is 413 g/mol. The molecule has 0 unspecified atom stereocenters. The first-order valence-electron chi connectivity index (χ1n) is 9.88. The second-order valence-electron chi connectivity index (χ2n) is 7.58. The molecule has 31 heavy (non-hydrogen) atoms. The summed E-state index contributed by atoms with van der Waals surface area (Å²) in [5.74, 6) is -0.166. The predicted molar refractivity (Wildman–Crippen MR) is 117 cm³/mol. The van der Waals surface area contributed by atoms with Gasteiger partial charge in [0, 0.05) is 54.2 Å². The van der Waals surface area contributed by atoms with E-state index in [0.29, 0.717) is 23.1 Å². The molecule has 0 saturated carbocycles. The largest absolute Gasteiger partial charge is 0.494 e. The van der Waals surface area contributed by atoms with Gasteiger partial charge in [0.05, 0.1) is 17.4 Å². The van der Waals surface area contributed by atoms with E-state index < -0.39 is 0 Å². The number of hydrogen-bond donors (Lipinski definition) is 1. The van der Waals surface area contributed by atoms with Crippen molar-refractivity contribution in [1.29, 1.82) is 0 Å². The third-order valence-corrected chi connectivity index (χ3v) is 5.32. The summed E-state index contributed by atoms with van der Waals surface area (Å²) in [7, 11) is 1.84. The van der Waals surface area contributed by atoms with Crippen molar-refractivity contribution >= 4 is 10.9 Å². The van der Waals surface area contributed by atoms with Crippen LogP contribution in [0.25, 0.3) is 33.3 Å². The minimum atomic E-state index is -0.298. The number of aryl methyl sites for hydroxylation is 2. The summed E-state index contributed by atoms with van der Waals surface area (Å²) >= 11 is 0. The predicted octanol–water partition coefficient (Wildman–Crippen LogP) is 4.70. The normalized spacial score (nSPS) is 11.3. The fourth-order valence-corrected chi connectivity index (χ4v) is 3.80. The minimum absolute atomic E-state index is 0.132. The Balaban J connectivity index is 1.64. The summed E-state index contributed by atoms with van der Waals surface area (Å²) in [5, 5.41) is 16.3. The van der Waals surface area contributed by atoms with E-state index in [9.17, 15) is 9.50 Å². The van der Waals surface area contributed by atoms with Crippen molar-refractivity contribution in [3.8, 4) is 28.3 Å². The number of fused-ring (bicyclic) bond motifs is 1. The number of hydrogen-bond acceptors (Lipinski definition) is 4. The number of aromatic nitrogens is 5. The molecule has 4 heterocycles. The van der Waals surface area contributed by atoms with Crippen molar-refractivity contribution in [2.45, 2.75) is 13.5 Å². The zero-order valence-electron chi connectivity index (χ0n) is 17.1. The molecule has 0 atom stereocenters. The van der Waals surface area contributed by atoms with Crippen molar-refractivity contribution < 1.29 is 9.50 Å². The molecule has 0 saturated heterocycles. The Morgan fingerprint density at radius 1 is 0.968 bits per heavy atom. The zero-order chi connectivity index (χ0) is 21.5. The first-order valence-corrected chi connectivity index (χ1v) is 9.88. The van der Waals surface area contributed by atoms with Crippen LogP contribution in [0.5, 0.6) is 5.88 Å². The first kappa shape index (κ1) is 19.0. The van der Waals surface area contributed by atoms with Crippen LogP contribution in [0.1, 0.15) is 11.3 Å². The van der Waals surface area contributed by atoms with Gasteiger partial charge in [-0.1, -0.05) is 6.07 Å². The van der Waals surface area contributed by atoms with Crippen molar-refractivity contribution in [1.82, 2.24) is 24.3 Å². The van der Waals surface area contributed by atoms with Crippen molar-refractivity contribution in [2.24, 2.45) is 7.05 Å². The summed E-state index contributed by atoms with van der Waals surface area (Å²) in [6.07, 6.45) is 7.26. The second-order valence-corrected chi connectivity index (χ2v) is 7.58. The molecule has 0 amide bonds. The van der Waals surface area contributed by atoms with Crippen LogP contribution in [0.2, 0.25) is 0 Å². The van der Waals surface area contributed by atoms with E-state index in [-0.39, 0.29) is 11.7 Å². The summed E-state index contributed by atoms with van der Waals surface area (Å²) < 4.78 is 16.9. The first-order chi connectivity index (χ1) is 15.0. The number of pyridine rings is 2. The van der Waals surface area contributed by atoms with E-state index in [1.165, 1.54) is 12.1 Å². The lowest BCUT2D eigenvalue weighted by Gasteiger charge is -2.07. The van der Waals surface area contributed by atoms with Gasteiger partial charge in [0.2, 0.25) is 5.88 Å².